The quantitative estimate of drug-likeness (QED) is 0.318. The smallest absolute Gasteiger partial charge is 0.337 e. The fraction of sp³-hybridized carbons (Fsp3) is 0.387. The molecule has 1 N–H and O–H groups in total. The summed E-state index contributed by atoms with van der Waals surface area (Å²) in [7, 11) is -4.15. The summed E-state index contributed by atoms with van der Waals surface area (Å²) in [6.07, 6.45) is -0.335. The Morgan fingerprint density at radius 2 is 1.65 bits per heavy atom. The van der Waals surface area contributed by atoms with Gasteiger partial charge >= 0.3 is 5.97 Å². The highest BCUT2D eigenvalue weighted by molar-refractivity contribution is 7.92. The Labute approximate surface area is 247 Å². The predicted octanol–water partition coefficient (Wildman–Crippen LogP) is 6.74. The highest BCUT2D eigenvalue weighted by atomic mass is 32.2. The molecule has 2 aliphatic heterocycles. The molecule has 2 aliphatic rings. The van der Waals surface area contributed by atoms with Gasteiger partial charge in [0.1, 0.15) is 17.5 Å². The maximum Gasteiger partial charge on any atom is 0.337 e. The molecule has 12 heteroatoms. The number of nitrogens with zero attached hydrogens (tertiary/aromatic N) is 1. The highest BCUT2D eigenvalue weighted by Gasteiger charge is 2.41. The van der Waals surface area contributed by atoms with Crippen LogP contribution in [0.2, 0.25) is 0 Å². The van der Waals surface area contributed by atoms with Crippen molar-refractivity contribution in [3.63, 3.8) is 0 Å². The van der Waals surface area contributed by atoms with Gasteiger partial charge in [0.25, 0.3) is 0 Å². The minimum Gasteiger partial charge on any atom is -0.490 e. The first-order chi connectivity index (χ1) is 19.9. The van der Waals surface area contributed by atoms with Crippen LogP contribution < -0.4 is 9.04 Å². The second-order valence-electron chi connectivity index (χ2n) is 11.8. The molecule has 0 spiro atoms. The Bertz CT molecular complexity index is 1800. The molecule has 0 saturated heterocycles. The minimum atomic E-state index is -4.15. The number of aliphatic carboxylic acids is 1. The molecule has 0 aliphatic carbocycles. The van der Waals surface area contributed by atoms with Crippen LogP contribution >= 0.6 is 0 Å². The fourth-order valence-corrected chi connectivity index (χ4v) is 6.98. The number of carboxylic acid groups (broad SMARTS) is 1. The summed E-state index contributed by atoms with van der Waals surface area (Å²) in [5.74, 6) is -5.19. The molecule has 0 unspecified atom stereocenters. The van der Waals surface area contributed by atoms with Crippen molar-refractivity contribution in [2.45, 2.75) is 65.7 Å². The standard InChI is InChI=1S/C31H31F4NO6S/c1-14-22(17-12-21(34)28-16(26(17)35)8-7-11-41-28)24(29(30(37)38)42-31(3,4)5)15(2)27-23(14)25-18(13-36(27)43(6,39)40)19(32)9-10-20(25)33/h9-10,12,29H,7-8,11,13H2,1-6H3,(H,37,38)/t29-/m0/s1. The Kier molecular flexibility index (Phi) is 7.53. The van der Waals surface area contributed by atoms with E-state index in [9.17, 15) is 18.3 Å². The van der Waals surface area contributed by atoms with Crippen molar-refractivity contribution in [2.24, 2.45) is 0 Å². The summed E-state index contributed by atoms with van der Waals surface area (Å²) in [5.41, 5.74) is -2.31. The van der Waals surface area contributed by atoms with Crippen molar-refractivity contribution in [2.75, 3.05) is 17.2 Å². The maximum absolute atomic E-state index is 16.4. The minimum absolute atomic E-state index is 0.0146. The number of ether oxygens (including phenoxy) is 2. The third-order valence-corrected chi connectivity index (χ3v) is 8.84. The van der Waals surface area contributed by atoms with Crippen molar-refractivity contribution in [3.8, 4) is 28.0 Å². The number of carboxylic acids is 1. The number of carbonyl (C=O) groups is 1. The van der Waals surface area contributed by atoms with E-state index in [0.717, 1.165) is 28.8 Å². The van der Waals surface area contributed by atoms with Crippen molar-refractivity contribution in [1.82, 2.24) is 0 Å². The van der Waals surface area contributed by atoms with Crippen LogP contribution in [0.5, 0.6) is 5.75 Å². The molecule has 5 rings (SSSR count). The van der Waals surface area contributed by atoms with Gasteiger partial charge in [-0.15, -0.1) is 0 Å². The van der Waals surface area contributed by atoms with Gasteiger partial charge in [0, 0.05) is 33.4 Å². The van der Waals surface area contributed by atoms with E-state index in [4.69, 9.17) is 9.47 Å². The van der Waals surface area contributed by atoms with Gasteiger partial charge in [0.15, 0.2) is 17.7 Å². The molecular weight excluding hydrogens is 590 g/mol. The van der Waals surface area contributed by atoms with Gasteiger partial charge in [-0.3, -0.25) is 4.31 Å². The van der Waals surface area contributed by atoms with Crippen LogP contribution in [0.1, 0.15) is 61.1 Å². The second kappa shape index (κ2) is 10.5. The third kappa shape index (κ3) is 5.14. The molecule has 1 atom stereocenters. The van der Waals surface area contributed by atoms with E-state index in [1.54, 1.807) is 20.8 Å². The van der Waals surface area contributed by atoms with E-state index in [1.807, 2.05) is 0 Å². The molecule has 0 radical (unpaired) electrons. The average Bonchev–Trinajstić information content (AvgIpc) is 2.91. The highest BCUT2D eigenvalue weighted by Crippen LogP contribution is 2.53. The van der Waals surface area contributed by atoms with E-state index in [2.05, 4.69) is 0 Å². The summed E-state index contributed by atoms with van der Waals surface area (Å²) < 4.78 is 101. The van der Waals surface area contributed by atoms with Gasteiger partial charge in [-0.1, -0.05) is 0 Å². The zero-order chi connectivity index (χ0) is 31.8. The van der Waals surface area contributed by atoms with E-state index in [0.29, 0.717) is 6.42 Å². The van der Waals surface area contributed by atoms with Gasteiger partial charge in [-0.05, 0) is 82.3 Å². The largest absolute Gasteiger partial charge is 0.490 e. The summed E-state index contributed by atoms with van der Waals surface area (Å²) in [4.78, 5) is 12.8. The molecule has 230 valence electrons. The van der Waals surface area contributed by atoms with E-state index >= 15 is 17.6 Å². The molecule has 43 heavy (non-hydrogen) atoms. The molecule has 7 nitrogen and oxygen atoms in total. The summed E-state index contributed by atoms with van der Waals surface area (Å²) in [6, 6.07) is 2.66. The second-order valence-corrected chi connectivity index (χ2v) is 13.7. The number of fused-ring (bicyclic) bond motifs is 4. The topological polar surface area (TPSA) is 93.1 Å². The molecule has 0 bridgehead atoms. The number of benzene rings is 3. The van der Waals surface area contributed by atoms with E-state index in [1.165, 1.54) is 13.8 Å². The Morgan fingerprint density at radius 3 is 2.26 bits per heavy atom. The maximum atomic E-state index is 16.4. The van der Waals surface area contributed by atoms with E-state index in [-0.39, 0.29) is 74.5 Å². The van der Waals surface area contributed by atoms with Crippen molar-refractivity contribution >= 4 is 21.7 Å². The average molecular weight is 622 g/mol. The van der Waals surface area contributed by atoms with Crippen LogP contribution in [0.4, 0.5) is 23.2 Å². The van der Waals surface area contributed by atoms with Crippen LogP contribution in [-0.2, 0) is 32.5 Å². The van der Waals surface area contributed by atoms with Crippen molar-refractivity contribution in [1.29, 1.82) is 0 Å². The van der Waals surface area contributed by atoms with Crippen LogP contribution in [0.25, 0.3) is 22.3 Å². The zero-order valence-electron chi connectivity index (χ0n) is 24.5. The monoisotopic (exact) mass is 621 g/mol. The number of hydrogen-bond acceptors (Lipinski definition) is 5. The molecule has 0 saturated carbocycles. The third-order valence-electron chi connectivity index (χ3n) is 7.73. The SMILES string of the molecule is Cc1c(-c2cc(F)c3c(c2F)CCCO3)c([C@H](OC(C)(C)C)C(=O)O)c(C)c2c1-c1c(F)ccc(F)c1CN2S(C)(=O)=O. The van der Waals surface area contributed by atoms with Gasteiger partial charge in [0.2, 0.25) is 10.0 Å². The van der Waals surface area contributed by atoms with Crippen LogP contribution in [0.3, 0.4) is 0 Å². The molecule has 3 aromatic rings. The molecule has 3 aromatic carbocycles. The van der Waals surface area contributed by atoms with E-state index < -0.39 is 57.5 Å². The lowest BCUT2D eigenvalue weighted by molar-refractivity contribution is -0.160. The number of halogens is 4. The molecule has 0 fully saturated rings. The predicted molar refractivity (Wildman–Crippen MR) is 153 cm³/mol. The lowest BCUT2D eigenvalue weighted by Crippen LogP contribution is -2.35. The number of hydrogen-bond donors (Lipinski definition) is 1. The first-order valence-corrected chi connectivity index (χ1v) is 15.5. The molecule has 2 heterocycles. The van der Waals surface area contributed by atoms with Gasteiger partial charge in [0.05, 0.1) is 30.7 Å². The number of anilines is 1. The first-order valence-electron chi connectivity index (χ1n) is 13.6. The van der Waals surface area contributed by atoms with Crippen LogP contribution in [0, 0.1) is 37.1 Å². The fourth-order valence-electron chi connectivity index (χ4n) is 6.06. The Hall–Kier alpha value is -3.64. The number of sulfonamides is 1. The summed E-state index contributed by atoms with van der Waals surface area (Å²) in [5, 5.41) is 10.4. The van der Waals surface area contributed by atoms with Gasteiger partial charge < -0.3 is 14.6 Å². The summed E-state index contributed by atoms with van der Waals surface area (Å²) in [6.45, 7) is 7.27. The van der Waals surface area contributed by atoms with Crippen LogP contribution in [0.15, 0.2) is 18.2 Å². The molecular formula is C31H31F4NO6S. The van der Waals surface area contributed by atoms with Crippen LogP contribution in [-0.4, -0.2) is 38.0 Å². The normalized spacial score (nSPS) is 15.3. The lowest BCUT2D eigenvalue weighted by atomic mass is 9.79. The number of rotatable bonds is 5. The van der Waals surface area contributed by atoms with Gasteiger partial charge in [-0.2, -0.15) is 0 Å². The Balaban J connectivity index is 2.02. The summed E-state index contributed by atoms with van der Waals surface area (Å²) >= 11 is 0. The zero-order valence-corrected chi connectivity index (χ0v) is 25.3. The van der Waals surface area contributed by atoms with Crippen molar-refractivity contribution in [3.05, 3.63) is 69.3 Å². The van der Waals surface area contributed by atoms with Gasteiger partial charge in [-0.25, -0.2) is 30.8 Å². The molecule has 0 amide bonds. The van der Waals surface area contributed by atoms with Crippen molar-refractivity contribution < 1.29 is 45.4 Å². The Morgan fingerprint density at radius 1 is 1.00 bits per heavy atom. The molecule has 0 aromatic heterocycles. The first kappa shape index (κ1) is 30.8. The lowest BCUT2D eigenvalue weighted by Gasteiger charge is -2.37.